The summed E-state index contributed by atoms with van der Waals surface area (Å²) in [4.78, 5) is 0. The van der Waals surface area contributed by atoms with E-state index in [9.17, 15) is 10.2 Å². The normalized spacial score (nSPS) is 22.5. The molecule has 2 nitrogen and oxygen atoms in total. The zero-order valence-electron chi connectivity index (χ0n) is 16.6. The third-order valence-electron chi connectivity index (χ3n) is 5.23. The number of allylic oxidation sites excluding steroid dienone is 4. The third-order valence-corrected chi connectivity index (χ3v) is 5.23. The molecular formula is C24H36O2Pt. The summed E-state index contributed by atoms with van der Waals surface area (Å²) in [6.45, 7) is 0. The molecular weight excluding hydrogens is 515 g/mol. The molecule has 0 heterocycles. The van der Waals surface area contributed by atoms with Crippen molar-refractivity contribution in [3.63, 3.8) is 0 Å². The summed E-state index contributed by atoms with van der Waals surface area (Å²) in [6.07, 6.45) is 34.2. The smallest absolute Gasteiger partial charge is 0.125 e. The van der Waals surface area contributed by atoms with E-state index in [1.165, 1.54) is 38.5 Å². The number of rotatable bonds is 0. The first kappa shape index (κ1) is 26.2. The van der Waals surface area contributed by atoms with E-state index in [4.69, 9.17) is 12.8 Å². The average molecular weight is 552 g/mol. The molecule has 27 heavy (non-hydrogen) atoms. The van der Waals surface area contributed by atoms with Gasteiger partial charge >= 0.3 is 0 Å². The summed E-state index contributed by atoms with van der Waals surface area (Å²) in [7, 11) is 0. The van der Waals surface area contributed by atoms with Gasteiger partial charge in [0, 0.05) is 21.1 Å². The molecule has 0 aliphatic heterocycles. The van der Waals surface area contributed by atoms with Crippen molar-refractivity contribution < 1.29 is 31.3 Å². The summed E-state index contributed by atoms with van der Waals surface area (Å²) in [5.74, 6) is 4.87. The number of hydrogen-bond donors (Lipinski definition) is 2. The number of hydrogen-bond acceptors (Lipinski definition) is 2. The van der Waals surface area contributed by atoms with Crippen molar-refractivity contribution in [1.29, 1.82) is 0 Å². The summed E-state index contributed by atoms with van der Waals surface area (Å²) >= 11 is 0. The molecule has 154 valence electrons. The first-order valence-corrected chi connectivity index (χ1v) is 10.2. The van der Waals surface area contributed by atoms with E-state index >= 15 is 0 Å². The molecule has 0 aromatic carbocycles. The zero-order valence-corrected chi connectivity index (χ0v) is 18.8. The van der Waals surface area contributed by atoms with Crippen molar-refractivity contribution in [2.45, 2.75) is 101 Å². The van der Waals surface area contributed by atoms with E-state index < -0.39 is 11.2 Å². The van der Waals surface area contributed by atoms with Crippen LogP contribution in [0.1, 0.15) is 89.9 Å². The van der Waals surface area contributed by atoms with Gasteiger partial charge in [-0.2, -0.15) is 0 Å². The Balaban J connectivity index is 0.000000369. The van der Waals surface area contributed by atoms with Gasteiger partial charge in [0.15, 0.2) is 0 Å². The van der Waals surface area contributed by atoms with Gasteiger partial charge in [-0.15, -0.1) is 12.8 Å². The fraction of sp³-hybridized carbons (Fsp3) is 0.667. The quantitative estimate of drug-likeness (QED) is 0.317. The maximum absolute atomic E-state index is 9.44. The van der Waals surface area contributed by atoms with Crippen LogP contribution < -0.4 is 0 Å². The second-order valence-corrected chi connectivity index (χ2v) is 7.57. The van der Waals surface area contributed by atoms with E-state index in [1.807, 2.05) is 0 Å². The van der Waals surface area contributed by atoms with Crippen LogP contribution in [0.5, 0.6) is 0 Å². The van der Waals surface area contributed by atoms with Crippen LogP contribution in [-0.2, 0) is 21.1 Å². The fourth-order valence-corrected chi connectivity index (χ4v) is 3.42. The van der Waals surface area contributed by atoms with E-state index in [0.717, 1.165) is 51.4 Å². The van der Waals surface area contributed by atoms with Gasteiger partial charge in [-0.25, -0.2) is 0 Å². The largest absolute Gasteiger partial charge is 0.378 e. The van der Waals surface area contributed by atoms with Gasteiger partial charge in [0.2, 0.25) is 0 Å². The SMILES string of the molecule is C#CC1(O)CCCCC1.C#CC1(O)CCCCC1.C1=CCCC=CCC1.[Pt]. The molecule has 3 rings (SSSR count). The average Bonchev–Trinajstić information content (AvgIpc) is 2.64. The minimum atomic E-state index is -0.752. The Morgan fingerprint density at radius 1 is 0.556 bits per heavy atom. The van der Waals surface area contributed by atoms with Crippen molar-refractivity contribution in [2.75, 3.05) is 0 Å². The second-order valence-electron chi connectivity index (χ2n) is 7.57. The molecule has 0 bridgehead atoms. The molecule has 0 amide bonds. The molecule has 2 N–H and O–H groups in total. The zero-order chi connectivity index (χ0) is 19.1. The molecule has 3 heteroatoms. The van der Waals surface area contributed by atoms with Crippen LogP contribution in [0, 0.1) is 24.7 Å². The van der Waals surface area contributed by atoms with Gasteiger partial charge in [-0.05, 0) is 77.0 Å². The summed E-state index contributed by atoms with van der Waals surface area (Å²) in [5, 5.41) is 18.9. The number of terminal acetylenes is 2. The maximum Gasteiger partial charge on any atom is 0.125 e. The van der Waals surface area contributed by atoms with E-state index in [0.29, 0.717) is 0 Å². The Bertz CT molecular complexity index is 449. The molecule has 0 spiro atoms. The van der Waals surface area contributed by atoms with Crippen LogP contribution in [-0.4, -0.2) is 21.4 Å². The standard InChI is InChI=1S/2C8H12O.C8H12.Pt/c2*1-2-8(9)6-4-3-5-7-8;1-2-4-6-8-7-5-3-1;/h2*1,9H,3-7H2;1-2,7-8H,3-6H2;. The summed E-state index contributed by atoms with van der Waals surface area (Å²) in [6, 6.07) is 0. The van der Waals surface area contributed by atoms with Crippen molar-refractivity contribution in [2.24, 2.45) is 0 Å². The minimum absolute atomic E-state index is 0. The van der Waals surface area contributed by atoms with Crippen molar-refractivity contribution in [3.8, 4) is 24.7 Å². The van der Waals surface area contributed by atoms with Crippen LogP contribution in [0.15, 0.2) is 24.3 Å². The van der Waals surface area contributed by atoms with Gasteiger partial charge in [0.25, 0.3) is 0 Å². The molecule has 0 radical (unpaired) electrons. The predicted molar refractivity (Wildman–Crippen MR) is 110 cm³/mol. The van der Waals surface area contributed by atoms with Crippen LogP contribution in [0.3, 0.4) is 0 Å². The topological polar surface area (TPSA) is 40.5 Å². The minimum Gasteiger partial charge on any atom is -0.378 e. The van der Waals surface area contributed by atoms with E-state index in [1.54, 1.807) is 0 Å². The summed E-state index contributed by atoms with van der Waals surface area (Å²) < 4.78 is 0. The van der Waals surface area contributed by atoms with Gasteiger partial charge in [-0.3, -0.25) is 0 Å². The Morgan fingerprint density at radius 3 is 1.00 bits per heavy atom. The van der Waals surface area contributed by atoms with E-state index in [2.05, 4.69) is 36.1 Å². The summed E-state index contributed by atoms with van der Waals surface area (Å²) in [5.41, 5.74) is -1.50. The van der Waals surface area contributed by atoms with Gasteiger partial charge in [0.1, 0.15) is 11.2 Å². The maximum atomic E-state index is 9.44. The van der Waals surface area contributed by atoms with Gasteiger partial charge in [0.05, 0.1) is 0 Å². The predicted octanol–water partition coefficient (Wildman–Crippen LogP) is 5.30. The molecule has 2 saturated carbocycles. The van der Waals surface area contributed by atoms with Crippen LogP contribution in [0.2, 0.25) is 0 Å². The van der Waals surface area contributed by atoms with Crippen LogP contribution in [0.25, 0.3) is 0 Å². The van der Waals surface area contributed by atoms with Crippen molar-refractivity contribution in [1.82, 2.24) is 0 Å². The molecule has 0 aromatic heterocycles. The monoisotopic (exact) mass is 551 g/mol. The Hall–Kier alpha value is -0.792. The second kappa shape index (κ2) is 15.2. The Labute approximate surface area is 181 Å². The third kappa shape index (κ3) is 12.3. The first-order valence-electron chi connectivity index (χ1n) is 10.2. The van der Waals surface area contributed by atoms with Crippen LogP contribution >= 0.6 is 0 Å². The first-order chi connectivity index (χ1) is 12.5. The van der Waals surface area contributed by atoms with Crippen LogP contribution in [0.4, 0.5) is 0 Å². The molecule has 2 fully saturated rings. The molecule has 3 aliphatic rings. The molecule has 0 unspecified atom stereocenters. The molecule has 3 aliphatic carbocycles. The fourth-order valence-electron chi connectivity index (χ4n) is 3.42. The Kier molecular flexibility index (Phi) is 14.7. The van der Waals surface area contributed by atoms with Crippen molar-refractivity contribution >= 4 is 0 Å². The van der Waals surface area contributed by atoms with Gasteiger partial charge < -0.3 is 10.2 Å². The van der Waals surface area contributed by atoms with E-state index in [-0.39, 0.29) is 21.1 Å². The van der Waals surface area contributed by atoms with Crippen molar-refractivity contribution in [3.05, 3.63) is 24.3 Å². The molecule has 0 saturated heterocycles. The number of aliphatic hydroxyl groups is 2. The Morgan fingerprint density at radius 2 is 0.815 bits per heavy atom. The van der Waals surface area contributed by atoms with Gasteiger partial charge in [-0.1, -0.05) is 49.0 Å². The molecule has 0 aromatic rings. The molecule has 0 atom stereocenters.